The number of amides is 1. The lowest BCUT2D eigenvalue weighted by molar-refractivity contribution is -0.119. The Labute approximate surface area is 100 Å². The van der Waals surface area contributed by atoms with Crippen LogP contribution in [0.1, 0.15) is 13.3 Å². The number of hydrogen-bond acceptors (Lipinski definition) is 3. The molecule has 88 valence electrons. The predicted molar refractivity (Wildman–Crippen MR) is 67.7 cm³/mol. The summed E-state index contributed by atoms with van der Waals surface area (Å²) in [5.41, 5.74) is 6.99. The Kier molecular flexibility index (Phi) is 4.92. The van der Waals surface area contributed by atoms with E-state index in [9.17, 15) is 4.79 Å². The molecule has 0 aliphatic heterocycles. The highest BCUT2D eigenvalue weighted by atomic mass is 35.5. The molecular formula is C11H16ClN3O. The molecule has 0 radical (unpaired) electrons. The standard InChI is InChI=1S/C11H16ClN3O/c1-2-5-14-11(16)7-15-10-4-3-8(12)6-9(10)13/h3-4,6,15H,2,5,7,13H2,1H3,(H,14,16). The highest BCUT2D eigenvalue weighted by molar-refractivity contribution is 6.31. The average molecular weight is 242 g/mol. The molecule has 4 nitrogen and oxygen atoms in total. The molecule has 16 heavy (non-hydrogen) atoms. The normalized spacial score (nSPS) is 9.88. The number of hydrogen-bond donors (Lipinski definition) is 3. The van der Waals surface area contributed by atoms with Crippen molar-refractivity contribution in [3.05, 3.63) is 23.2 Å². The summed E-state index contributed by atoms with van der Waals surface area (Å²) in [4.78, 5) is 11.3. The van der Waals surface area contributed by atoms with Gasteiger partial charge in [-0.3, -0.25) is 4.79 Å². The van der Waals surface area contributed by atoms with Crippen molar-refractivity contribution >= 4 is 28.9 Å². The number of halogens is 1. The lowest BCUT2D eigenvalue weighted by atomic mass is 10.2. The molecule has 0 saturated heterocycles. The molecule has 0 aromatic heterocycles. The van der Waals surface area contributed by atoms with E-state index in [2.05, 4.69) is 10.6 Å². The summed E-state index contributed by atoms with van der Waals surface area (Å²) in [6.07, 6.45) is 0.925. The number of anilines is 2. The topological polar surface area (TPSA) is 67.2 Å². The quantitative estimate of drug-likeness (QED) is 0.690. The zero-order chi connectivity index (χ0) is 12.0. The van der Waals surface area contributed by atoms with Crippen molar-refractivity contribution in [2.75, 3.05) is 24.1 Å². The fourth-order valence-electron chi connectivity index (χ4n) is 1.20. The van der Waals surface area contributed by atoms with Gasteiger partial charge in [0.15, 0.2) is 0 Å². The highest BCUT2D eigenvalue weighted by Gasteiger charge is 2.02. The van der Waals surface area contributed by atoms with Gasteiger partial charge in [-0.25, -0.2) is 0 Å². The van der Waals surface area contributed by atoms with Crippen molar-refractivity contribution in [2.24, 2.45) is 0 Å². The van der Waals surface area contributed by atoms with Gasteiger partial charge in [0.25, 0.3) is 0 Å². The second kappa shape index (κ2) is 6.23. The molecule has 0 atom stereocenters. The molecule has 1 amide bonds. The molecule has 0 aliphatic carbocycles. The Morgan fingerprint density at radius 3 is 2.88 bits per heavy atom. The maximum absolute atomic E-state index is 11.3. The molecule has 0 fully saturated rings. The van der Waals surface area contributed by atoms with E-state index in [1.165, 1.54) is 0 Å². The van der Waals surface area contributed by atoms with Gasteiger partial charge in [-0.15, -0.1) is 0 Å². The van der Waals surface area contributed by atoms with Crippen LogP contribution in [-0.2, 0) is 4.79 Å². The van der Waals surface area contributed by atoms with Crippen molar-refractivity contribution in [3.8, 4) is 0 Å². The number of nitrogens with two attached hydrogens (primary N) is 1. The Balaban J connectivity index is 2.45. The van der Waals surface area contributed by atoms with Crippen LogP contribution in [0, 0.1) is 0 Å². The van der Waals surface area contributed by atoms with Gasteiger partial charge in [0.1, 0.15) is 0 Å². The van der Waals surface area contributed by atoms with E-state index >= 15 is 0 Å². The maximum atomic E-state index is 11.3. The minimum atomic E-state index is -0.0452. The van der Waals surface area contributed by atoms with Gasteiger partial charge in [-0.2, -0.15) is 0 Å². The van der Waals surface area contributed by atoms with E-state index in [0.29, 0.717) is 17.3 Å². The van der Waals surface area contributed by atoms with E-state index in [1.807, 2.05) is 6.92 Å². The molecule has 0 saturated carbocycles. The molecule has 5 heteroatoms. The van der Waals surface area contributed by atoms with Crippen molar-refractivity contribution in [3.63, 3.8) is 0 Å². The van der Waals surface area contributed by atoms with Crippen LogP contribution in [0.5, 0.6) is 0 Å². The van der Waals surface area contributed by atoms with E-state index in [-0.39, 0.29) is 12.5 Å². The molecule has 0 heterocycles. The molecular weight excluding hydrogens is 226 g/mol. The van der Waals surface area contributed by atoms with Crippen LogP contribution < -0.4 is 16.4 Å². The number of nitrogens with one attached hydrogen (secondary N) is 2. The van der Waals surface area contributed by atoms with Crippen LogP contribution in [0.4, 0.5) is 11.4 Å². The van der Waals surface area contributed by atoms with Gasteiger partial charge in [0, 0.05) is 11.6 Å². The Morgan fingerprint density at radius 1 is 1.50 bits per heavy atom. The molecule has 0 spiro atoms. The minimum absolute atomic E-state index is 0.0452. The van der Waals surface area contributed by atoms with Gasteiger partial charge in [0.2, 0.25) is 5.91 Å². The summed E-state index contributed by atoms with van der Waals surface area (Å²) in [5.74, 6) is -0.0452. The number of rotatable bonds is 5. The summed E-state index contributed by atoms with van der Waals surface area (Å²) in [7, 11) is 0. The van der Waals surface area contributed by atoms with E-state index < -0.39 is 0 Å². The number of benzene rings is 1. The third-order valence-electron chi connectivity index (χ3n) is 2.03. The van der Waals surface area contributed by atoms with Crippen molar-refractivity contribution in [2.45, 2.75) is 13.3 Å². The average Bonchev–Trinajstić information content (AvgIpc) is 2.25. The van der Waals surface area contributed by atoms with Gasteiger partial charge < -0.3 is 16.4 Å². The first-order valence-electron chi connectivity index (χ1n) is 5.19. The second-order valence-electron chi connectivity index (χ2n) is 3.44. The van der Waals surface area contributed by atoms with Crippen LogP contribution in [0.25, 0.3) is 0 Å². The Morgan fingerprint density at radius 2 is 2.25 bits per heavy atom. The fraction of sp³-hybridized carbons (Fsp3) is 0.364. The van der Waals surface area contributed by atoms with Crippen LogP contribution in [-0.4, -0.2) is 19.0 Å². The number of carbonyl (C=O) groups excluding carboxylic acids is 1. The fourth-order valence-corrected chi connectivity index (χ4v) is 1.38. The first-order valence-corrected chi connectivity index (χ1v) is 5.57. The number of carbonyl (C=O) groups is 1. The maximum Gasteiger partial charge on any atom is 0.239 e. The van der Waals surface area contributed by atoms with E-state index in [0.717, 1.165) is 12.1 Å². The smallest absolute Gasteiger partial charge is 0.239 e. The van der Waals surface area contributed by atoms with Crippen molar-refractivity contribution < 1.29 is 4.79 Å². The minimum Gasteiger partial charge on any atom is -0.397 e. The SMILES string of the molecule is CCCNC(=O)CNc1ccc(Cl)cc1N. The number of nitrogen functional groups attached to an aromatic ring is 1. The lowest BCUT2D eigenvalue weighted by Gasteiger charge is -2.09. The second-order valence-corrected chi connectivity index (χ2v) is 3.87. The highest BCUT2D eigenvalue weighted by Crippen LogP contribution is 2.22. The van der Waals surface area contributed by atoms with Crippen molar-refractivity contribution in [1.29, 1.82) is 0 Å². The Hall–Kier alpha value is -1.42. The van der Waals surface area contributed by atoms with Gasteiger partial charge >= 0.3 is 0 Å². The largest absolute Gasteiger partial charge is 0.397 e. The van der Waals surface area contributed by atoms with Gasteiger partial charge in [-0.1, -0.05) is 18.5 Å². The third kappa shape index (κ3) is 3.98. The molecule has 1 rings (SSSR count). The molecule has 1 aromatic rings. The van der Waals surface area contributed by atoms with Gasteiger partial charge in [0.05, 0.1) is 17.9 Å². The molecule has 0 unspecified atom stereocenters. The molecule has 4 N–H and O–H groups in total. The first kappa shape index (κ1) is 12.6. The van der Waals surface area contributed by atoms with Crippen LogP contribution in [0.3, 0.4) is 0 Å². The Bertz CT molecular complexity index is 368. The first-order chi connectivity index (χ1) is 7.63. The summed E-state index contributed by atoms with van der Waals surface area (Å²) < 4.78 is 0. The zero-order valence-corrected chi connectivity index (χ0v) is 9.97. The van der Waals surface area contributed by atoms with Crippen molar-refractivity contribution in [1.82, 2.24) is 5.32 Å². The summed E-state index contributed by atoms with van der Waals surface area (Å²) in [5, 5.41) is 6.30. The molecule has 0 bridgehead atoms. The summed E-state index contributed by atoms with van der Waals surface area (Å²) in [6.45, 7) is 2.91. The van der Waals surface area contributed by atoms with Crippen LogP contribution in [0.15, 0.2) is 18.2 Å². The van der Waals surface area contributed by atoms with Crippen LogP contribution in [0.2, 0.25) is 5.02 Å². The van der Waals surface area contributed by atoms with E-state index in [1.54, 1.807) is 18.2 Å². The third-order valence-corrected chi connectivity index (χ3v) is 2.26. The lowest BCUT2D eigenvalue weighted by Crippen LogP contribution is -2.30. The van der Waals surface area contributed by atoms with E-state index in [4.69, 9.17) is 17.3 Å². The molecule has 0 aliphatic rings. The monoisotopic (exact) mass is 241 g/mol. The zero-order valence-electron chi connectivity index (χ0n) is 9.22. The van der Waals surface area contributed by atoms with Gasteiger partial charge in [-0.05, 0) is 24.6 Å². The predicted octanol–water partition coefficient (Wildman–Crippen LogP) is 1.86. The summed E-state index contributed by atoms with van der Waals surface area (Å²) >= 11 is 5.76. The molecule has 1 aromatic carbocycles. The van der Waals surface area contributed by atoms with Crippen LogP contribution >= 0.6 is 11.6 Å². The summed E-state index contributed by atoms with van der Waals surface area (Å²) in [6, 6.07) is 5.13.